The van der Waals surface area contributed by atoms with Gasteiger partial charge in [-0.3, -0.25) is 24.7 Å². The lowest BCUT2D eigenvalue weighted by atomic mass is 10.1. The maximum Gasteiger partial charge on any atom is 0.306 e. The Morgan fingerprint density at radius 2 is 2.13 bits per heavy atom. The number of thiazole rings is 1. The molecule has 1 atom stereocenters. The molecule has 0 spiro atoms. The van der Waals surface area contributed by atoms with Crippen molar-refractivity contribution in [2.75, 3.05) is 16.8 Å². The molecule has 2 amide bonds. The van der Waals surface area contributed by atoms with Crippen LogP contribution in [0.15, 0.2) is 48.0 Å². The molecule has 0 radical (unpaired) electrons. The molecule has 11 heteroatoms. The number of nitrogens with one attached hydrogen (secondary N) is 1. The average molecular weight is 427 g/mol. The van der Waals surface area contributed by atoms with Crippen LogP contribution in [0.4, 0.5) is 20.9 Å². The Labute approximate surface area is 173 Å². The number of aromatic nitrogens is 2. The van der Waals surface area contributed by atoms with Gasteiger partial charge in [-0.05, 0) is 24.3 Å². The quantitative estimate of drug-likeness (QED) is 0.493. The zero-order valence-electron chi connectivity index (χ0n) is 15.3. The van der Waals surface area contributed by atoms with Crippen LogP contribution in [-0.4, -0.2) is 33.3 Å². The first-order valence-corrected chi connectivity index (χ1v) is 9.72. The number of nitro benzene ring substituents is 1. The van der Waals surface area contributed by atoms with Crippen molar-refractivity contribution in [3.63, 3.8) is 0 Å². The van der Waals surface area contributed by atoms with Gasteiger partial charge >= 0.3 is 5.69 Å². The number of hydrogen-bond acceptors (Lipinski definition) is 7. The zero-order valence-corrected chi connectivity index (χ0v) is 16.1. The fourth-order valence-corrected chi connectivity index (χ4v) is 3.82. The zero-order chi connectivity index (χ0) is 21.3. The predicted octanol–water partition coefficient (Wildman–Crippen LogP) is 3.24. The highest BCUT2D eigenvalue weighted by Gasteiger charge is 2.36. The van der Waals surface area contributed by atoms with Crippen molar-refractivity contribution in [2.45, 2.75) is 6.42 Å². The van der Waals surface area contributed by atoms with Crippen LogP contribution < -0.4 is 10.2 Å². The van der Waals surface area contributed by atoms with Gasteiger partial charge in [0, 0.05) is 30.6 Å². The maximum absolute atomic E-state index is 13.6. The molecular weight excluding hydrogens is 413 g/mol. The number of benzene rings is 1. The third-order valence-electron chi connectivity index (χ3n) is 4.60. The van der Waals surface area contributed by atoms with Crippen molar-refractivity contribution >= 4 is 39.7 Å². The van der Waals surface area contributed by atoms with Crippen LogP contribution in [0.5, 0.6) is 0 Å². The van der Waals surface area contributed by atoms with Crippen molar-refractivity contribution in [1.82, 2.24) is 9.97 Å². The molecule has 3 aromatic rings. The molecule has 2 aromatic heterocycles. The van der Waals surface area contributed by atoms with Crippen LogP contribution in [0, 0.1) is 21.8 Å². The Hall–Kier alpha value is -3.73. The topological polar surface area (TPSA) is 118 Å². The van der Waals surface area contributed by atoms with E-state index < -0.39 is 22.3 Å². The molecule has 1 N–H and O–H groups in total. The summed E-state index contributed by atoms with van der Waals surface area (Å²) in [6.45, 7) is 0.0337. The predicted molar refractivity (Wildman–Crippen MR) is 107 cm³/mol. The highest BCUT2D eigenvalue weighted by Crippen LogP contribution is 2.30. The molecule has 4 rings (SSSR count). The Morgan fingerprint density at radius 1 is 1.30 bits per heavy atom. The minimum absolute atomic E-state index is 0.0337. The SMILES string of the molecule is O=C(Nc1nc(-c2ccccn2)cs1)C1CC(=O)N(c2ccc(F)c([N+](=O)[O-])c2)C1. The third-order valence-corrected chi connectivity index (χ3v) is 5.35. The Morgan fingerprint density at radius 3 is 2.87 bits per heavy atom. The number of amides is 2. The normalized spacial score (nSPS) is 16.0. The Balaban J connectivity index is 1.46. The van der Waals surface area contributed by atoms with Crippen molar-refractivity contribution < 1.29 is 18.9 Å². The summed E-state index contributed by atoms with van der Waals surface area (Å²) in [5.74, 6) is -2.41. The molecule has 3 heterocycles. The summed E-state index contributed by atoms with van der Waals surface area (Å²) < 4.78 is 13.6. The van der Waals surface area contributed by atoms with Crippen LogP contribution in [0.1, 0.15) is 6.42 Å². The molecule has 30 heavy (non-hydrogen) atoms. The first kappa shape index (κ1) is 19.6. The summed E-state index contributed by atoms with van der Waals surface area (Å²) >= 11 is 1.24. The summed E-state index contributed by atoms with van der Waals surface area (Å²) in [7, 11) is 0. The van der Waals surface area contributed by atoms with Crippen molar-refractivity contribution in [3.8, 4) is 11.4 Å². The Bertz CT molecular complexity index is 1140. The lowest BCUT2D eigenvalue weighted by Gasteiger charge is -2.16. The lowest BCUT2D eigenvalue weighted by Crippen LogP contribution is -2.28. The van der Waals surface area contributed by atoms with Gasteiger partial charge in [0.05, 0.1) is 22.2 Å². The number of hydrogen-bond donors (Lipinski definition) is 1. The second kappa shape index (κ2) is 7.95. The number of rotatable bonds is 5. The summed E-state index contributed by atoms with van der Waals surface area (Å²) in [6, 6.07) is 8.63. The van der Waals surface area contributed by atoms with Gasteiger partial charge < -0.3 is 10.2 Å². The standard InChI is InChI=1S/C19H14FN5O4S/c20-13-5-4-12(8-16(13)25(28)29)24-9-11(7-17(24)26)18(27)23-19-22-15(10-30-19)14-3-1-2-6-21-14/h1-6,8,10-11H,7,9H2,(H,22,23,27). The minimum atomic E-state index is -0.989. The first-order valence-electron chi connectivity index (χ1n) is 8.84. The smallest absolute Gasteiger partial charge is 0.306 e. The molecule has 9 nitrogen and oxygen atoms in total. The van der Waals surface area contributed by atoms with E-state index in [-0.39, 0.29) is 30.5 Å². The molecule has 1 aliphatic heterocycles. The monoisotopic (exact) mass is 427 g/mol. The summed E-state index contributed by atoms with van der Waals surface area (Å²) in [4.78, 5) is 44.8. The molecule has 0 saturated carbocycles. The lowest BCUT2D eigenvalue weighted by molar-refractivity contribution is -0.387. The van der Waals surface area contributed by atoms with Crippen molar-refractivity contribution in [2.24, 2.45) is 5.92 Å². The molecule has 1 unspecified atom stereocenters. The van der Waals surface area contributed by atoms with E-state index >= 15 is 0 Å². The van der Waals surface area contributed by atoms with Crippen LogP contribution >= 0.6 is 11.3 Å². The second-order valence-corrected chi connectivity index (χ2v) is 7.40. The summed E-state index contributed by atoms with van der Waals surface area (Å²) in [5, 5.41) is 15.8. The number of pyridine rings is 1. The van der Waals surface area contributed by atoms with E-state index in [9.17, 15) is 24.1 Å². The number of carbonyl (C=O) groups is 2. The summed E-state index contributed by atoms with van der Waals surface area (Å²) in [5.41, 5.74) is 0.751. The molecule has 1 aliphatic rings. The van der Waals surface area contributed by atoms with E-state index in [0.29, 0.717) is 16.5 Å². The van der Waals surface area contributed by atoms with Crippen LogP contribution in [0.2, 0.25) is 0 Å². The second-order valence-electron chi connectivity index (χ2n) is 6.54. The van der Waals surface area contributed by atoms with Gasteiger partial charge in [-0.25, -0.2) is 4.98 Å². The fraction of sp³-hybridized carbons (Fsp3) is 0.158. The molecule has 1 saturated heterocycles. The molecule has 0 aliphatic carbocycles. The van der Waals surface area contributed by atoms with Gasteiger partial charge in [-0.2, -0.15) is 4.39 Å². The highest BCUT2D eigenvalue weighted by molar-refractivity contribution is 7.14. The third kappa shape index (κ3) is 3.87. The molecule has 1 fully saturated rings. The highest BCUT2D eigenvalue weighted by atomic mass is 32.1. The van der Waals surface area contributed by atoms with Gasteiger partial charge in [0.25, 0.3) is 0 Å². The first-order chi connectivity index (χ1) is 14.4. The fourth-order valence-electron chi connectivity index (χ4n) is 3.11. The number of nitro groups is 1. The van der Waals surface area contributed by atoms with Crippen LogP contribution in [0.25, 0.3) is 11.4 Å². The minimum Gasteiger partial charge on any atom is -0.311 e. The number of anilines is 2. The molecule has 0 bridgehead atoms. The van der Waals surface area contributed by atoms with Gasteiger partial charge in [-0.15, -0.1) is 11.3 Å². The molecular formula is C19H14FN5O4S. The van der Waals surface area contributed by atoms with E-state index in [0.717, 1.165) is 12.1 Å². The number of carbonyl (C=O) groups excluding carboxylic acids is 2. The van der Waals surface area contributed by atoms with E-state index in [1.807, 2.05) is 6.07 Å². The number of nitrogens with zero attached hydrogens (tertiary/aromatic N) is 4. The van der Waals surface area contributed by atoms with Crippen molar-refractivity contribution in [3.05, 3.63) is 63.9 Å². The van der Waals surface area contributed by atoms with Crippen LogP contribution in [-0.2, 0) is 9.59 Å². The van der Waals surface area contributed by atoms with Gasteiger partial charge in [0.1, 0.15) is 5.69 Å². The summed E-state index contributed by atoms with van der Waals surface area (Å²) in [6.07, 6.45) is 1.58. The largest absolute Gasteiger partial charge is 0.311 e. The number of halogens is 1. The Kier molecular flexibility index (Phi) is 5.19. The van der Waals surface area contributed by atoms with E-state index in [1.165, 1.54) is 22.3 Å². The molecule has 1 aromatic carbocycles. The van der Waals surface area contributed by atoms with E-state index in [4.69, 9.17) is 0 Å². The van der Waals surface area contributed by atoms with E-state index in [1.54, 1.807) is 23.7 Å². The van der Waals surface area contributed by atoms with Crippen molar-refractivity contribution in [1.29, 1.82) is 0 Å². The molecule has 152 valence electrons. The average Bonchev–Trinajstić information content (AvgIpc) is 3.36. The van der Waals surface area contributed by atoms with Gasteiger partial charge in [0.2, 0.25) is 17.6 Å². The van der Waals surface area contributed by atoms with E-state index in [2.05, 4.69) is 15.3 Å². The maximum atomic E-state index is 13.6. The van der Waals surface area contributed by atoms with Gasteiger partial charge in [-0.1, -0.05) is 6.07 Å². The van der Waals surface area contributed by atoms with Gasteiger partial charge in [0.15, 0.2) is 5.13 Å². The van der Waals surface area contributed by atoms with Crippen LogP contribution in [0.3, 0.4) is 0 Å².